The van der Waals surface area contributed by atoms with E-state index in [0.717, 1.165) is 48.8 Å². The molecule has 1 fully saturated rings. The lowest BCUT2D eigenvalue weighted by molar-refractivity contribution is -0.142. The molecule has 0 bridgehead atoms. The smallest absolute Gasteiger partial charge is 0.331 e. The molecule has 3 rings (SSSR count). The van der Waals surface area contributed by atoms with Gasteiger partial charge in [0.1, 0.15) is 12.7 Å². The zero-order valence-electron chi connectivity index (χ0n) is 22.5. The van der Waals surface area contributed by atoms with E-state index in [1.165, 1.54) is 12.5 Å². The average Bonchev–Trinajstić information content (AvgIpc) is 3.63. The van der Waals surface area contributed by atoms with Gasteiger partial charge in [0.15, 0.2) is 6.10 Å². The highest BCUT2D eigenvalue weighted by Gasteiger charge is 2.38. The predicted molar refractivity (Wildman–Crippen MR) is 146 cm³/mol. The van der Waals surface area contributed by atoms with Crippen LogP contribution in [0.5, 0.6) is 0 Å². The number of esters is 2. The zero-order chi connectivity index (χ0) is 26.6. The molecule has 5 nitrogen and oxygen atoms in total. The molecule has 198 valence electrons. The summed E-state index contributed by atoms with van der Waals surface area (Å²) in [7, 11) is 0. The molecule has 0 spiro atoms. The van der Waals surface area contributed by atoms with Crippen LogP contribution in [-0.4, -0.2) is 30.8 Å². The molecular formula is C32H40O5. The van der Waals surface area contributed by atoms with Gasteiger partial charge in [0.2, 0.25) is 0 Å². The van der Waals surface area contributed by atoms with Gasteiger partial charge in [-0.3, -0.25) is 4.79 Å². The van der Waals surface area contributed by atoms with Gasteiger partial charge in [0.25, 0.3) is 0 Å². The summed E-state index contributed by atoms with van der Waals surface area (Å²) >= 11 is 0. The van der Waals surface area contributed by atoms with E-state index in [9.17, 15) is 9.59 Å². The molecule has 37 heavy (non-hydrogen) atoms. The van der Waals surface area contributed by atoms with Crippen LogP contribution in [0.3, 0.4) is 0 Å². The van der Waals surface area contributed by atoms with E-state index < -0.39 is 6.10 Å². The van der Waals surface area contributed by atoms with Crippen LogP contribution in [-0.2, 0) is 23.8 Å². The fourth-order valence-electron chi connectivity index (χ4n) is 4.68. The van der Waals surface area contributed by atoms with Crippen molar-refractivity contribution < 1.29 is 23.8 Å². The van der Waals surface area contributed by atoms with Crippen LogP contribution >= 0.6 is 0 Å². The standard InChI is InChI=1S/C32H40O5/c1-23(13-11-12-18-29-30(36-29)22-35-26(4)33)19-24(2)20-25(3)21-31(34)37-32(27-14-7-5-8-15-27)28-16-9-6-10-17-28/h5-10,14-17,20-21,23,29-30,32H,11-13,18-19,22H2,1-4H3/b24-20+,25-21+/t23-,29+,30-/m1/s1. The van der Waals surface area contributed by atoms with Crippen molar-refractivity contribution in [1.82, 2.24) is 0 Å². The number of ether oxygens (including phenoxy) is 3. The normalized spacial score (nSPS) is 18.4. The molecule has 5 heteroatoms. The van der Waals surface area contributed by atoms with Crippen LogP contribution in [0.4, 0.5) is 0 Å². The number of epoxide rings is 1. The summed E-state index contributed by atoms with van der Waals surface area (Å²) in [5, 5.41) is 0. The largest absolute Gasteiger partial charge is 0.463 e. The minimum Gasteiger partial charge on any atom is -0.463 e. The van der Waals surface area contributed by atoms with Gasteiger partial charge >= 0.3 is 11.9 Å². The van der Waals surface area contributed by atoms with Crippen LogP contribution < -0.4 is 0 Å². The Labute approximate surface area is 221 Å². The molecule has 0 aromatic heterocycles. The zero-order valence-corrected chi connectivity index (χ0v) is 22.5. The molecule has 1 saturated heterocycles. The molecule has 0 N–H and O–H groups in total. The van der Waals surface area contributed by atoms with Crippen molar-refractivity contribution in [3.63, 3.8) is 0 Å². The number of carbonyl (C=O) groups excluding carboxylic acids is 2. The Bertz CT molecular complexity index is 1020. The first-order chi connectivity index (χ1) is 17.8. The number of rotatable bonds is 14. The van der Waals surface area contributed by atoms with Gasteiger partial charge in [-0.15, -0.1) is 0 Å². The quantitative estimate of drug-likeness (QED) is 0.0900. The summed E-state index contributed by atoms with van der Waals surface area (Å²) in [6, 6.07) is 19.6. The molecule has 0 aliphatic carbocycles. The summed E-state index contributed by atoms with van der Waals surface area (Å²) in [5.41, 5.74) is 4.03. The summed E-state index contributed by atoms with van der Waals surface area (Å²) in [6.45, 7) is 8.13. The first-order valence-electron chi connectivity index (χ1n) is 13.3. The Kier molecular flexibility index (Phi) is 11.2. The lowest BCUT2D eigenvalue weighted by Gasteiger charge is -2.18. The minimum atomic E-state index is -0.443. The molecule has 1 heterocycles. The van der Waals surface area contributed by atoms with E-state index in [2.05, 4.69) is 19.9 Å². The predicted octanol–water partition coefficient (Wildman–Crippen LogP) is 7.13. The van der Waals surface area contributed by atoms with Gasteiger partial charge in [0, 0.05) is 13.0 Å². The second-order valence-corrected chi connectivity index (χ2v) is 10.1. The van der Waals surface area contributed by atoms with E-state index in [1.54, 1.807) is 6.08 Å². The van der Waals surface area contributed by atoms with Crippen LogP contribution in [0.15, 0.2) is 84.0 Å². The number of unbranched alkanes of at least 4 members (excludes halogenated alkanes) is 1. The number of hydrogen-bond acceptors (Lipinski definition) is 5. The maximum Gasteiger partial charge on any atom is 0.331 e. The van der Waals surface area contributed by atoms with Crippen molar-refractivity contribution in [2.24, 2.45) is 5.92 Å². The second kappa shape index (κ2) is 14.5. The molecule has 2 aromatic carbocycles. The average molecular weight is 505 g/mol. The van der Waals surface area contributed by atoms with Gasteiger partial charge in [-0.25, -0.2) is 4.79 Å². The van der Waals surface area contributed by atoms with Crippen molar-refractivity contribution in [3.8, 4) is 0 Å². The van der Waals surface area contributed by atoms with E-state index in [4.69, 9.17) is 14.2 Å². The topological polar surface area (TPSA) is 65.1 Å². The van der Waals surface area contributed by atoms with Crippen molar-refractivity contribution in [2.45, 2.75) is 78.1 Å². The van der Waals surface area contributed by atoms with Crippen molar-refractivity contribution >= 4 is 11.9 Å². The number of carbonyl (C=O) groups is 2. The maximum absolute atomic E-state index is 12.8. The highest BCUT2D eigenvalue weighted by molar-refractivity contribution is 5.83. The fourth-order valence-corrected chi connectivity index (χ4v) is 4.68. The molecule has 0 saturated carbocycles. The third-order valence-electron chi connectivity index (χ3n) is 6.50. The maximum atomic E-state index is 12.8. The van der Waals surface area contributed by atoms with E-state index in [-0.39, 0.29) is 24.1 Å². The monoisotopic (exact) mass is 504 g/mol. The Morgan fingerprint density at radius 3 is 2.11 bits per heavy atom. The van der Waals surface area contributed by atoms with E-state index in [0.29, 0.717) is 12.5 Å². The van der Waals surface area contributed by atoms with Crippen LogP contribution in [0.1, 0.15) is 77.0 Å². The first kappa shape index (κ1) is 28.4. The molecule has 0 radical (unpaired) electrons. The number of allylic oxidation sites excluding steroid dienone is 3. The molecule has 2 aromatic rings. The fraction of sp³-hybridized carbons (Fsp3) is 0.438. The number of benzene rings is 2. The highest BCUT2D eigenvalue weighted by Crippen LogP contribution is 2.29. The Balaban J connectivity index is 1.43. The van der Waals surface area contributed by atoms with Gasteiger partial charge in [-0.1, -0.05) is 98.5 Å². The van der Waals surface area contributed by atoms with Crippen molar-refractivity contribution in [2.75, 3.05) is 6.61 Å². The van der Waals surface area contributed by atoms with Gasteiger partial charge in [-0.2, -0.15) is 0 Å². The number of hydrogen-bond donors (Lipinski definition) is 0. The van der Waals surface area contributed by atoms with Gasteiger partial charge in [0.05, 0.1) is 6.10 Å². The van der Waals surface area contributed by atoms with Crippen LogP contribution in [0, 0.1) is 5.92 Å². The Hall–Kier alpha value is -3.18. The SMILES string of the molecule is CC(=O)OC[C@H]1O[C@H]1CCCC[C@@H](C)C/C(C)=C/C(C)=C/C(=O)OC(c1ccccc1)c1ccccc1. The van der Waals surface area contributed by atoms with Crippen LogP contribution in [0.2, 0.25) is 0 Å². The van der Waals surface area contributed by atoms with Crippen molar-refractivity contribution in [3.05, 3.63) is 95.1 Å². The molecule has 0 amide bonds. The summed E-state index contributed by atoms with van der Waals surface area (Å²) < 4.78 is 16.5. The lowest BCUT2D eigenvalue weighted by atomic mass is 9.95. The van der Waals surface area contributed by atoms with Gasteiger partial charge < -0.3 is 14.2 Å². The van der Waals surface area contributed by atoms with E-state index in [1.807, 2.05) is 67.6 Å². The molecule has 3 atom stereocenters. The molecule has 1 aliphatic heterocycles. The molecular weight excluding hydrogens is 464 g/mol. The Morgan fingerprint density at radius 2 is 1.51 bits per heavy atom. The third-order valence-corrected chi connectivity index (χ3v) is 6.50. The molecule has 1 aliphatic rings. The lowest BCUT2D eigenvalue weighted by Crippen LogP contribution is -2.11. The summed E-state index contributed by atoms with van der Waals surface area (Å²) in [5.74, 6) is -0.0350. The minimum absolute atomic E-state index is 0.0867. The Morgan fingerprint density at radius 1 is 0.892 bits per heavy atom. The van der Waals surface area contributed by atoms with Gasteiger partial charge in [-0.05, 0) is 49.3 Å². The summed E-state index contributed by atoms with van der Waals surface area (Å²) in [4.78, 5) is 23.6. The second-order valence-electron chi connectivity index (χ2n) is 10.1. The van der Waals surface area contributed by atoms with Crippen molar-refractivity contribution in [1.29, 1.82) is 0 Å². The van der Waals surface area contributed by atoms with E-state index >= 15 is 0 Å². The summed E-state index contributed by atoms with van der Waals surface area (Å²) in [6.07, 6.45) is 8.96. The third kappa shape index (κ3) is 10.4. The molecule has 0 unspecified atom stereocenters. The van der Waals surface area contributed by atoms with Crippen LogP contribution in [0.25, 0.3) is 0 Å². The first-order valence-corrected chi connectivity index (χ1v) is 13.3. The highest BCUT2D eigenvalue weighted by atomic mass is 16.6.